The maximum absolute atomic E-state index is 12.8. The quantitative estimate of drug-likeness (QED) is 0.0212. The number of nitrogens with zero attached hydrogens (tertiary/aromatic N) is 1. The number of unbranched alkanes of at least 4 members (excludes halogenated alkanes) is 19. The first-order valence-corrected chi connectivity index (χ1v) is 24.5. The van der Waals surface area contributed by atoms with Gasteiger partial charge in [-0.25, -0.2) is 4.79 Å². The van der Waals surface area contributed by atoms with Crippen LogP contribution in [0.5, 0.6) is 0 Å². The van der Waals surface area contributed by atoms with Gasteiger partial charge in [-0.1, -0.05) is 158 Å². The van der Waals surface area contributed by atoms with E-state index in [2.05, 4.69) is 74.6 Å². The monoisotopic (exact) mass is 859 g/mol. The van der Waals surface area contributed by atoms with Gasteiger partial charge in [0.25, 0.3) is 6.29 Å². The van der Waals surface area contributed by atoms with E-state index in [0.29, 0.717) is 17.4 Å². The number of carbonyl (C=O) groups is 3. The third kappa shape index (κ3) is 44.8. The van der Waals surface area contributed by atoms with Crippen LogP contribution in [-0.2, 0) is 33.3 Å². The van der Waals surface area contributed by atoms with Gasteiger partial charge < -0.3 is 28.5 Å². The Hall–Kier alpha value is -3.01. The van der Waals surface area contributed by atoms with E-state index in [9.17, 15) is 19.5 Å². The molecule has 9 heteroatoms. The van der Waals surface area contributed by atoms with Gasteiger partial charge in [0.2, 0.25) is 0 Å². The molecule has 352 valence electrons. The average Bonchev–Trinajstić information content (AvgIpc) is 3.22. The molecular formula is C52H92NO8+. The molecule has 0 aliphatic carbocycles. The molecule has 0 aromatic carbocycles. The highest BCUT2D eigenvalue weighted by Crippen LogP contribution is 2.13. The lowest BCUT2D eigenvalue weighted by molar-refractivity contribution is -0.870. The maximum Gasteiger partial charge on any atom is 0.361 e. The molecule has 2 unspecified atom stereocenters. The molecule has 61 heavy (non-hydrogen) atoms. The van der Waals surface area contributed by atoms with Crippen molar-refractivity contribution in [2.75, 3.05) is 47.5 Å². The summed E-state index contributed by atoms with van der Waals surface area (Å²) in [6.07, 6.45) is 49.9. The minimum Gasteiger partial charge on any atom is -0.477 e. The predicted octanol–water partition coefficient (Wildman–Crippen LogP) is 13.3. The second-order valence-corrected chi connectivity index (χ2v) is 17.4. The van der Waals surface area contributed by atoms with Crippen molar-refractivity contribution < 1.29 is 42.9 Å². The summed E-state index contributed by atoms with van der Waals surface area (Å²) in [5.74, 6) is -2.05. The molecule has 2 atom stereocenters. The van der Waals surface area contributed by atoms with Crippen LogP contribution in [0.2, 0.25) is 0 Å². The Labute approximate surface area is 374 Å². The minimum absolute atomic E-state index is 0.180. The molecule has 0 saturated heterocycles. The van der Waals surface area contributed by atoms with Crippen LogP contribution in [0.15, 0.2) is 60.8 Å². The number of carbonyl (C=O) groups excluding carboxylic acids is 2. The van der Waals surface area contributed by atoms with Gasteiger partial charge in [-0.3, -0.25) is 9.59 Å². The molecule has 0 rings (SSSR count). The topological polar surface area (TPSA) is 108 Å². The van der Waals surface area contributed by atoms with Crippen LogP contribution < -0.4 is 0 Å². The standard InChI is InChI=1S/C52H91NO8/c1-6-8-10-12-14-16-18-20-22-23-24-25-26-27-29-31-33-35-37-39-41-43-50(55)61-48(47-60-52(51(56)57)58-45-44-53(3,4)5)46-59-49(54)42-40-38-36-34-32-30-28-21-19-17-15-13-11-9-7-2/h15,17-18,20-21,23-24,26-28,48,52H,6-14,16,19,22,25,29-47H2,1-5H3/p+1/b17-15-,20-18-,24-23-,27-26-,28-21-. The summed E-state index contributed by atoms with van der Waals surface area (Å²) in [7, 11) is 5.94. The Kier molecular flexibility index (Phi) is 41.5. The van der Waals surface area contributed by atoms with Crippen molar-refractivity contribution in [2.45, 2.75) is 206 Å². The molecule has 0 aliphatic rings. The van der Waals surface area contributed by atoms with Crippen molar-refractivity contribution in [3.63, 3.8) is 0 Å². The molecule has 9 nitrogen and oxygen atoms in total. The van der Waals surface area contributed by atoms with Crippen LogP contribution in [0.4, 0.5) is 0 Å². The highest BCUT2D eigenvalue weighted by molar-refractivity contribution is 5.71. The van der Waals surface area contributed by atoms with E-state index >= 15 is 0 Å². The number of quaternary nitrogens is 1. The number of hydrogen-bond acceptors (Lipinski definition) is 7. The summed E-state index contributed by atoms with van der Waals surface area (Å²) in [6, 6.07) is 0. The first-order chi connectivity index (χ1) is 29.6. The number of aliphatic carboxylic acids is 1. The van der Waals surface area contributed by atoms with Crippen molar-refractivity contribution in [1.29, 1.82) is 0 Å². The van der Waals surface area contributed by atoms with Crippen molar-refractivity contribution in [3.8, 4) is 0 Å². The summed E-state index contributed by atoms with van der Waals surface area (Å²) < 4.78 is 22.7. The Morgan fingerprint density at radius 3 is 1.34 bits per heavy atom. The number of carboxylic acids is 1. The summed E-state index contributed by atoms with van der Waals surface area (Å²) >= 11 is 0. The van der Waals surface area contributed by atoms with Crippen LogP contribution in [0.3, 0.4) is 0 Å². The second kappa shape index (κ2) is 43.6. The van der Waals surface area contributed by atoms with Gasteiger partial charge in [-0.2, -0.15) is 0 Å². The number of likely N-dealkylation sites (N-methyl/N-ethyl adjacent to an activating group) is 1. The van der Waals surface area contributed by atoms with Crippen LogP contribution in [0.25, 0.3) is 0 Å². The normalized spacial score (nSPS) is 13.4. The van der Waals surface area contributed by atoms with E-state index in [1.165, 1.54) is 64.2 Å². The summed E-state index contributed by atoms with van der Waals surface area (Å²) in [6.45, 7) is 4.79. The summed E-state index contributed by atoms with van der Waals surface area (Å²) in [5.41, 5.74) is 0. The lowest BCUT2D eigenvalue weighted by Gasteiger charge is -2.25. The van der Waals surface area contributed by atoms with Crippen LogP contribution >= 0.6 is 0 Å². The molecule has 0 saturated carbocycles. The van der Waals surface area contributed by atoms with Crippen LogP contribution in [0, 0.1) is 0 Å². The van der Waals surface area contributed by atoms with Crippen LogP contribution in [-0.4, -0.2) is 87.4 Å². The maximum atomic E-state index is 12.8. The van der Waals surface area contributed by atoms with Crippen molar-refractivity contribution in [3.05, 3.63) is 60.8 Å². The SMILES string of the molecule is CCCCC/C=C\C/C=C\CCCCCCCC(=O)OCC(COC(OCC[N+](C)(C)C)C(=O)O)OC(=O)CCCCCCCC/C=C\C/C=C\C/C=C\CCCCCCC. The Morgan fingerprint density at radius 2 is 0.885 bits per heavy atom. The minimum atomic E-state index is -1.52. The fourth-order valence-electron chi connectivity index (χ4n) is 6.40. The predicted molar refractivity (Wildman–Crippen MR) is 253 cm³/mol. The Morgan fingerprint density at radius 1 is 0.492 bits per heavy atom. The zero-order valence-corrected chi connectivity index (χ0v) is 39.8. The highest BCUT2D eigenvalue weighted by Gasteiger charge is 2.25. The number of esters is 2. The van der Waals surface area contributed by atoms with Gasteiger partial charge >= 0.3 is 17.9 Å². The zero-order valence-electron chi connectivity index (χ0n) is 39.8. The fourth-order valence-corrected chi connectivity index (χ4v) is 6.40. The second-order valence-electron chi connectivity index (χ2n) is 17.4. The Bertz CT molecular complexity index is 1180. The molecule has 0 bridgehead atoms. The molecule has 0 aromatic heterocycles. The van der Waals surface area contributed by atoms with Gasteiger partial charge in [-0.15, -0.1) is 0 Å². The first kappa shape index (κ1) is 58.0. The Balaban J connectivity index is 4.44. The number of hydrogen-bond donors (Lipinski definition) is 1. The molecule has 1 N–H and O–H groups in total. The van der Waals surface area contributed by atoms with Crippen molar-refractivity contribution in [1.82, 2.24) is 0 Å². The molecule has 0 heterocycles. The molecule has 0 aromatic rings. The van der Waals surface area contributed by atoms with Crippen molar-refractivity contribution in [2.24, 2.45) is 0 Å². The van der Waals surface area contributed by atoms with E-state index in [-0.39, 0.29) is 38.6 Å². The smallest absolute Gasteiger partial charge is 0.361 e. The fraction of sp³-hybridized carbons (Fsp3) is 0.750. The summed E-state index contributed by atoms with van der Waals surface area (Å²) in [5, 5.41) is 9.65. The van der Waals surface area contributed by atoms with E-state index in [4.69, 9.17) is 18.9 Å². The summed E-state index contributed by atoms with van der Waals surface area (Å²) in [4.78, 5) is 37.2. The number of ether oxygens (including phenoxy) is 4. The van der Waals surface area contributed by atoms with Gasteiger partial charge in [0, 0.05) is 12.8 Å². The van der Waals surface area contributed by atoms with Gasteiger partial charge in [-0.05, 0) is 83.5 Å². The molecular weight excluding hydrogens is 767 g/mol. The van der Waals surface area contributed by atoms with Crippen molar-refractivity contribution >= 4 is 17.9 Å². The van der Waals surface area contributed by atoms with E-state index < -0.39 is 24.3 Å². The van der Waals surface area contributed by atoms with Crippen LogP contribution in [0.1, 0.15) is 194 Å². The molecule has 0 aliphatic heterocycles. The molecule has 0 spiro atoms. The molecule has 0 radical (unpaired) electrons. The third-order valence-corrected chi connectivity index (χ3v) is 10.2. The van der Waals surface area contributed by atoms with E-state index in [1.54, 1.807) is 0 Å². The van der Waals surface area contributed by atoms with Gasteiger partial charge in [0.1, 0.15) is 13.2 Å². The van der Waals surface area contributed by atoms with E-state index in [0.717, 1.165) is 96.3 Å². The highest BCUT2D eigenvalue weighted by atomic mass is 16.7. The average molecular weight is 859 g/mol. The number of rotatable bonds is 44. The number of allylic oxidation sites excluding steroid dienone is 10. The first-order valence-electron chi connectivity index (χ1n) is 24.5. The lowest BCUT2D eigenvalue weighted by Crippen LogP contribution is -2.40. The largest absolute Gasteiger partial charge is 0.477 e. The lowest BCUT2D eigenvalue weighted by atomic mass is 10.1. The molecule has 0 fully saturated rings. The zero-order chi connectivity index (χ0) is 44.9. The third-order valence-electron chi connectivity index (χ3n) is 10.2. The van der Waals surface area contributed by atoms with Gasteiger partial charge in [0.15, 0.2) is 6.10 Å². The van der Waals surface area contributed by atoms with E-state index in [1.807, 2.05) is 21.1 Å². The number of carboxylic acid groups (broad SMARTS) is 1. The van der Waals surface area contributed by atoms with Gasteiger partial charge in [0.05, 0.1) is 34.4 Å². The molecule has 0 amide bonds.